The number of carbonyl (C=O) groups excluding carboxylic acids is 2. The van der Waals surface area contributed by atoms with Gasteiger partial charge in [-0.25, -0.2) is 9.38 Å². The van der Waals surface area contributed by atoms with Crippen molar-refractivity contribution in [3.63, 3.8) is 0 Å². The zero-order valence-corrected chi connectivity index (χ0v) is 18.0. The Hall–Kier alpha value is -2.71. The fourth-order valence-corrected chi connectivity index (χ4v) is 4.12. The van der Waals surface area contributed by atoms with Gasteiger partial charge in [0.2, 0.25) is 11.8 Å². The van der Waals surface area contributed by atoms with Crippen LogP contribution < -0.4 is 5.32 Å². The number of rotatable bonds is 7. The summed E-state index contributed by atoms with van der Waals surface area (Å²) in [4.78, 5) is 31.5. The SMILES string of the molecule is COCCN1C(=O)C(CC(=O)Nc2ccc(F)cc2)SC1=Nc1ccc(C)c(C)c1. The fraction of sp³-hybridized carbons (Fsp3) is 0.318. The van der Waals surface area contributed by atoms with Gasteiger partial charge in [0.15, 0.2) is 5.17 Å². The van der Waals surface area contributed by atoms with Crippen molar-refractivity contribution in [3.05, 3.63) is 59.4 Å². The van der Waals surface area contributed by atoms with Gasteiger partial charge in [-0.1, -0.05) is 17.8 Å². The molecule has 0 saturated carbocycles. The average Bonchev–Trinajstić information content (AvgIpc) is 2.99. The molecule has 0 radical (unpaired) electrons. The molecule has 1 fully saturated rings. The highest BCUT2D eigenvalue weighted by Crippen LogP contribution is 2.32. The maximum atomic E-state index is 13.0. The van der Waals surface area contributed by atoms with Crippen LogP contribution >= 0.6 is 11.8 Å². The van der Waals surface area contributed by atoms with Gasteiger partial charge >= 0.3 is 0 Å². The number of nitrogens with zero attached hydrogens (tertiary/aromatic N) is 2. The van der Waals surface area contributed by atoms with Crippen molar-refractivity contribution < 1.29 is 18.7 Å². The molecule has 1 unspecified atom stereocenters. The molecule has 3 rings (SSSR count). The average molecular weight is 430 g/mol. The monoisotopic (exact) mass is 429 g/mol. The molecule has 8 heteroatoms. The molecule has 158 valence electrons. The van der Waals surface area contributed by atoms with E-state index in [1.165, 1.54) is 41.6 Å². The molecule has 1 saturated heterocycles. The van der Waals surface area contributed by atoms with Crippen LogP contribution in [0.25, 0.3) is 0 Å². The Bertz CT molecular complexity index is 963. The van der Waals surface area contributed by atoms with Crippen LogP contribution in [0.5, 0.6) is 0 Å². The lowest BCUT2D eigenvalue weighted by atomic mass is 10.1. The van der Waals surface area contributed by atoms with Gasteiger partial charge in [-0.3, -0.25) is 14.5 Å². The number of carbonyl (C=O) groups is 2. The van der Waals surface area contributed by atoms with Crippen LogP contribution in [0.3, 0.4) is 0 Å². The van der Waals surface area contributed by atoms with Gasteiger partial charge in [-0.15, -0.1) is 0 Å². The normalized spacial score (nSPS) is 17.6. The van der Waals surface area contributed by atoms with E-state index in [9.17, 15) is 14.0 Å². The van der Waals surface area contributed by atoms with Crippen molar-refractivity contribution in [2.75, 3.05) is 25.6 Å². The molecular weight excluding hydrogens is 405 g/mol. The van der Waals surface area contributed by atoms with Crippen molar-refractivity contribution in [1.29, 1.82) is 0 Å². The molecule has 0 aliphatic carbocycles. The minimum absolute atomic E-state index is 0.00367. The summed E-state index contributed by atoms with van der Waals surface area (Å²) in [5.74, 6) is -0.865. The second-order valence-corrected chi connectivity index (χ2v) is 8.18. The van der Waals surface area contributed by atoms with E-state index in [0.717, 1.165) is 11.3 Å². The summed E-state index contributed by atoms with van der Waals surface area (Å²) in [6.07, 6.45) is -0.00367. The van der Waals surface area contributed by atoms with Gasteiger partial charge in [-0.2, -0.15) is 0 Å². The Kier molecular flexibility index (Phi) is 7.23. The van der Waals surface area contributed by atoms with Crippen LogP contribution in [0.1, 0.15) is 17.5 Å². The number of ether oxygens (including phenoxy) is 1. The molecule has 1 aliphatic heterocycles. The Balaban J connectivity index is 1.74. The highest BCUT2D eigenvalue weighted by Gasteiger charge is 2.39. The van der Waals surface area contributed by atoms with E-state index in [1.54, 1.807) is 12.0 Å². The summed E-state index contributed by atoms with van der Waals surface area (Å²) in [5.41, 5.74) is 3.52. The largest absolute Gasteiger partial charge is 0.383 e. The zero-order chi connectivity index (χ0) is 21.7. The van der Waals surface area contributed by atoms with Crippen LogP contribution in [0.4, 0.5) is 15.8 Å². The molecule has 1 aliphatic rings. The van der Waals surface area contributed by atoms with Gasteiger partial charge < -0.3 is 10.1 Å². The van der Waals surface area contributed by atoms with E-state index < -0.39 is 5.25 Å². The lowest BCUT2D eigenvalue weighted by Crippen LogP contribution is -2.35. The number of benzene rings is 2. The fourth-order valence-electron chi connectivity index (χ4n) is 2.93. The predicted molar refractivity (Wildman–Crippen MR) is 118 cm³/mol. The summed E-state index contributed by atoms with van der Waals surface area (Å²) in [7, 11) is 1.57. The Morgan fingerprint density at radius 1 is 1.20 bits per heavy atom. The Morgan fingerprint density at radius 3 is 2.60 bits per heavy atom. The van der Waals surface area contributed by atoms with Crippen LogP contribution in [0, 0.1) is 19.7 Å². The molecule has 30 heavy (non-hydrogen) atoms. The molecule has 0 aromatic heterocycles. The quantitative estimate of drug-likeness (QED) is 0.721. The summed E-state index contributed by atoms with van der Waals surface area (Å²) in [6, 6.07) is 11.4. The maximum Gasteiger partial charge on any atom is 0.242 e. The van der Waals surface area contributed by atoms with Crippen LogP contribution in [0.15, 0.2) is 47.5 Å². The number of aryl methyl sites for hydroxylation is 2. The van der Waals surface area contributed by atoms with Crippen molar-refractivity contribution in [2.45, 2.75) is 25.5 Å². The van der Waals surface area contributed by atoms with Crippen molar-refractivity contribution in [2.24, 2.45) is 4.99 Å². The second-order valence-electron chi connectivity index (χ2n) is 7.01. The first-order valence-electron chi connectivity index (χ1n) is 9.55. The smallest absolute Gasteiger partial charge is 0.242 e. The number of nitrogens with one attached hydrogen (secondary N) is 1. The van der Waals surface area contributed by atoms with Gasteiger partial charge in [0.05, 0.1) is 18.8 Å². The Morgan fingerprint density at radius 2 is 1.93 bits per heavy atom. The summed E-state index contributed by atoms with van der Waals surface area (Å²) in [5, 5.41) is 2.68. The third-order valence-corrected chi connectivity index (χ3v) is 5.93. The van der Waals surface area contributed by atoms with E-state index >= 15 is 0 Å². The molecule has 2 aromatic carbocycles. The van der Waals surface area contributed by atoms with Crippen LogP contribution in [-0.4, -0.2) is 47.4 Å². The third-order valence-electron chi connectivity index (χ3n) is 4.75. The van der Waals surface area contributed by atoms with Crippen molar-refractivity contribution >= 4 is 40.1 Å². The summed E-state index contributed by atoms with van der Waals surface area (Å²) in [6.45, 7) is 4.77. The predicted octanol–water partition coefficient (Wildman–Crippen LogP) is 4.05. The van der Waals surface area contributed by atoms with Gasteiger partial charge in [0.1, 0.15) is 11.1 Å². The lowest BCUT2D eigenvalue weighted by Gasteiger charge is -2.16. The molecular formula is C22H24FN3O3S. The number of aliphatic imine (C=N–C) groups is 1. The topological polar surface area (TPSA) is 71.0 Å². The number of hydrogen-bond donors (Lipinski definition) is 1. The minimum Gasteiger partial charge on any atom is -0.383 e. The second kappa shape index (κ2) is 9.86. The zero-order valence-electron chi connectivity index (χ0n) is 17.1. The van der Waals surface area contributed by atoms with Crippen LogP contribution in [-0.2, 0) is 14.3 Å². The van der Waals surface area contributed by atoms with Crippen LogP contribution in [0.2, 0.25) is 0 Å². The van der Waals surface area contributed by atoms with Gasteiger partial charge in [-0.05, 0) is 61.4 Å². The van der Waals surface area contributed by atoms with Gasteiger partial charge in [0, 0.05) is 19.2 Å². The Labute approximate surface area is 179 Å². The van der Waals surface area contributed by atoms with E-state index in [-0.39, 0.29) is 24.1 Å². The summed E-state index contributed by atoms with van der Waals surface area (Å²) < 4.78 is 18.1. The van der Waals surface area contributed by atoms with Gasteiger partial charge in [0.25, 0.3) is 0 Å². The maximum absolute atomic E-state index is 13.0. The van der Waals surface area contributed by atoms with E-state index in [1.807, 2.05) is 32.0 Å². The number of thioether (sulfide) groups is 1. The first-order chi connectivity index (χ1) is 14.4. The van der Waals surface area contributed by atoms with E-state index in [2.05, 4.69) is 10.3 Å². The lowest BCUT2D eigenvalue weighted by molar-refractivity contribution is -0.128. The molecule has 6 nitrogen and oxygen atoms in total. The standard InChI is InChI=1S/C22H24FN3O3S/c1-14-4-7-18(12-15(14)2)25-22-26(10-11-29-3)21(28)19(30-22)13-20(27)24-17-8-5-16(23)6-9-17/h4-9,12,19H,10-11,13H2,1-3H3,(H,24,27). The van der Waals surface area contributed by atoms with E-state index in [0.29, 0.717) is 24.0 Å². The molecule has 2 aromatic rings. The number of amidine groups is 1. The molecule has 1 atom stereocenters. The molecule has 0 spiro atoms. The molecule has 2 amide bonds. The first kappa shape index (κ1) is 22.0. The molecule has 0 bridgehead atoms. The summed E-state index contributed by atoms with van der Waals surface area (Å²) >= 11 is 1.27. The number of methoxy groups -OCH3 is 1. The molecule has 1 N–H and O–H groups in total. The highest BCUT2D eigenvalue weighted by molar-refractivity contribution is 8.15. The first-order valence-corrected chi connectivity index (χ1v) is 10.4. The number of anilines is 1. The highest BCUT2D eigenvalue weighted by atomic mass is 32.2. The van der Waals surface area contributed by atoms with E-state index in [4.69, 9.17) is 4.74 Å². The van der Waals surface area contributed by atoms with Crippen molar-refractivity contribution in [3.8, 4) is 0 Å². The molecule has 1 heterocycles. The van der Waals surface area contributed by atoms with Crippen molar-refractivity contribution in [1.82, 2.24) is 4.90 Å². The number of halogens is 1. The minimum atomic E-state index is -0.576. The number of amides is 2. The number of hydrogen-bond acceptors (Lipinski definition) is 5. The third kappa shape index (κ3) is 5.46.